The van der Waals surface area contributed by atoms with E-state index >= 15 is 0 Å². The largest absolute Gasteiger partial charge is 0.457 e. The summed E-state index contributed by atoms with van der Waals surface area (Å²) < 4.78 is 18.2. The fourth-order valence-corrected chi connectivity index (χ4v) is 1.26. The van der Waals surface area contributed by atoms with Crippen LogP contribution in [0.4, 0.5) is 4.39 Å². The van der Waals surface area contributed by atoms with Crippen molar-refractivity contribution in [3.05, 3.63) is 54.1 Å². The van der Waals surface area contributed by atoms with Crippen molar-refractivity contribution in [1.29, 1.82) is 0 Å². The third-order valence-corrected chi connectivity index (χ3v) is 2.07. The van der Waals surface area contributed by atoms with E-state index in [1.165, 1.54) is 30.5 Å². The highest BCUT2D eigenvalue weighted by atomic mass is 19.1. The van der Waals surface area contributed by atoms with Crippen molar-refractivity contribution in [1.82, 2.24) is 4.98 Å². The molecule has 0 aliphatic rings. The third-order valence-electron chi connectivity index (χ3n) is 2.07. The van der Waals surface area contributed by atoms with Gasteiger partial charge in [0.1, 0.15) is 17.3 Å². The van der Waals surface area contributed by atoms with Crippen molar-refractivity contribution in [3.8, 4) is 11.5 Å². The zero-order chi connectivity index (χ0) is 11.4. The summed E-state index contributed by atoms with van der Waals surface area (Å²) in [6, 6.07) is 7.33. The fraction of sp³-hybridized carbons (Fsp3) is 0.0833. The molecule has 0 radical (unpaired) electrons. The van der Waals surface area contributed by atoms with Crippen LogP contribution in [0.2, 0.25) is 0 Å². The lowest BCUT2D eigenvalue weighted by Gasteiger charge is -2.08. The molecule has 1 aromatic heterocycles. The summed E-state index contributed by atoms with van der Waals surface area (Å²) in [5.74, 6) is 0.718. The highest BCUT2D eigenvalue weighted by Crippen LogP contribution is 2.24. The molecular formula is C12H10FNO2. The number of ether oxygens (including phenoxy) is 1. The molecule has 0 spiro atoms. The molecule has 1 heterocycles. The number of hydrogen-bond donors (Lipinski definition) is 1. The van der Waals surface area contributed by atoms with Gasteiger partial charge in [-0.05, 0) is 30.3 Å². The van der Waals surface area contributed by atoms with Crippen molar-refractivity contribution >= 4 is 0 Å². The quantitative estimate of drug-likeness (QED) is 0.862. The smallest absolute Gasteiger partial charge is 0.136 e. The Hall–Kier alpha value is -1.94. The molecule has 0 amide bonds. The van der Waals surface area contributed by atoms with Crippen LogP contribution in [0.5, 0.6) is 11.5 Å². The lowest BCUT2D eigenvalue weighted by Crippen LogP contribution is -1.92. The maximum atomic E-state index is 12.7. The second-order valence-electron chi connectivity index (χ2n) is 3.20. The molecule has 1 aromatic carbocycles. The highest BCUT2D eigenvalue weighted by Gasteiger charge is 2.03. The normalized spacial score (nSPS) is 10.1. The summed E-state index contributed by atoms with van der Waals surface area (Å²) in [7, 11) is 0. The number of benzene rings is 1. The molecule has 82 valence electrons. The molecule has 3 nitrogen and oxygen atoms in total. The van der Waals surface area contributed by atoms with E-state index in [1.807, 2.05) is 0 Å². The van der Waals surface area contributed by atoms with Crippen LogP contribution < -0.4 is 4.74 Å². The van der Waals surface area contributed by atoms with E-state index in [0.717, 1.165) is 0 Å². The Morgan fingerprint density at radius 2 is 1.94 bits per heavy atom. The number of nitrogens with zero attached hydrogens (tertiary/aromatic N) is 1. The van der Waals surface area contributed by atoms with Gasteiger partial charge < -0.3 is 9.84 Å². The molecule has 2 rings (SSSR count). The van der Waals surface area contributed by atoms with Crippen LogP contribution in [0.3, 0.4) is 0 Å². The van der Waals surface area contributed by atoms with E-state index in [-0.39, 0.29) is 12.4 Å². The monoisotopic (exact) mass is 219 g/mol. The fourth-order valence-electron chi connectivity index (χ4n) is 1.26. The summed E-state index contributed by atoms with van der Waals surface area (Å²) in [6.45, 7) is -0.148. The van der Waals surface area contributed by atoms with Crippen LogP contribution in [0.1, 0.15) is 5.56 Å². The van der Waals surface area contributed by atoms with Gasteiger partial charge in [0, 0.05) is 18.0 Å². The molecular weight excluding hydrogens is 209 g/mol. The molecule has 0 atom stereocenters. The Morgan fingerprint density at radius 1 is 1.19 bits per heavy atom. The Kier molecular flexibility index (Phi) is 3.12. The van der Waals surface area contributed by atoms with Gasteiger partial charge in [-0.15, -0.1) is 0 Å². The van der Waals surface area contributed by atoms with Gasteiger partial charge in [0.15, 0.2) is 0 Å². The molecule has 0 fully saturated rings. The van der Waals surface area contributed by atoms with Gasteiger partial charge in [0.05, 0.1) is 6.61 Å². The number of aliphatic hydroxyl groups excluding tert-OH is 1. The predicted octanol–water partition coefficient (Wildman–Crippen LogP) is 2.51. The summed E-state index contributed by atoms with van der Waals surface area (Å²) >= 11 is 0. The first-order valence-corrected chi connectivity index (χ1v) is 4.77. The standard InChI is InChI=1S/C12H10FNO2/c13-10-1-3-11(4-2-10)16-12-5-6-14-7-9(12)8-15/h1-7,15H,8H2. The van der Waals surface area contributed by atoms with Gasteiger partial charge >= 0.3 is 0 Å². The molecule has 0 bridgehead atoms. The lowest BCUT2D eigenvalue weighted by atomic mass is 10.2. The van der Waals surface area contributed by atoms with E-state index < -0.39 is 0 Å². The number of halogens is 1. The molecule has 16 heavy (non-hydrogen) atoms. The molecule has 4 heteroatoms. The third kappa shape index (κ3) is 2.35. The van der Waals surface area contributed by atoms with Crippen molar-refractivity contribution in [3.63, 3.8) is 0 Å². The topological polar surface area (TPSA) is 42.4 Å². The first-order valence-electron chi connectivity index (χ1n) is 4.77. The maximum Gasteiger partial charge on any atom is 0.136 e. The van der Waals surface area contributed by atoms with E-state index in [1.54, 1.807) is 12.3 Å². The van der Waals surface area contributed by atoms with Crippen LogP contribution in [-0.2, 0) is 6.61 Å². The minimum atomic E-state index is -0.315. The average molecular weight is 219 g/mol. The summed E-state index contributed by atoms with van der Waals surface area (Å²) in [5, 5.41) is 9.06. The van der Waals surface area contributed by atoms with Gasteiger partial charge in [0.25, 0.3) is 0 Å². The van der Waals surface area contributed by atoms with Gasteiger partial charge in [-0.1, -0.05) is 0 Å². The van der Waals surface area contributed by atoms with E-state index in [0.29, 0.717) is 17.1 Å². The minimum absolute atomic E-state index is 0.148. The number of hydrogen-bond acceptors (Lipinski definition) is 3. The van der Waals surface area contributed by atoms with Gasteiger partial charge in [-0.3, -0.25) is 4.98 Å². The molecule has 0 unspecified atom stereocenters. The Labute approximate surface area is 92.1 Å². The van der Waals surface area contributed by atoms with Crippen molar-refractivity contribution in [2.75, 3.05) is 0 Å². The number of rotatable bonds is 3. The lowest BCUT2D eigenvalue weighted by molar-refractivity contribution is 0.276. The number of pyridine rings is 1. The molecule has 0 saturated heterocycles. The van der Waals surface area contributed by atoms with Crippen LogP contribution in [0.25, 0.3) is 0 Å². The summed E-state index contributed by atoms with van der Waals surface area (Å²) in [4.78, 5) is 3.87. The molecule has 0 saturated carbocycles. The zero-order valence-electron chi connectivity index (χ0n) is 8.43. The molecule has 0 aliphatic heterocycles. The van der Waals surface area contributed by atoms with Gasteiger partial charge in [0.2, 0.25) is 0 Å². The highest BCUT2D eigenvalue weighted by molar-refractivity contribution is 5.35. The first-order chi connectivity index (χ1) is 7.79. The van der Waals surface area contributed by atoms with Crippen LogP contribution >= 0.6 is 0 Å². The van der Waals surface area contributed by atoms with Crippen molar-refractivity contribution in [2.24, 2.45) is 0 Å². The van der Waals surface area contributed by atoms with Gasteiger partial charge in [-0.2, -0.15) is 0 Å². The van der Waals surface area contributed by atoms with Gasteiger partial charge in [-0.25, -0.2) is 4.39 Å². The number of aliphatic hydroxyl groups is 1. The predicted molar refractivity (Wildman–Crippen MR) is 56.6 cm³/mol. The van der Waals surface area contributed by atoms with Crippen LogP contribution in [-0.4, -0.2) is 10.1 Å². The van der Waals surface area contributed by atoms with E-state index in [4.69, 9.17) is 9.84 Å². The second-order valence-corrected chi connectivity index (χ2v) is 3.20. The second kappa shape index (κ2) is 4.72. The minimum Gasteiger partial charge on any atom is -0.457 e. The number of aromatic nitrogens is 1. The Morgan fingerprint density at radius 3 is 2.62 bits per heavy atom. The zero-order valence-corrected chi connectivity index (χ0v) is 8.43. The summed E-state index contributed by atoms with van der Waals surface area (Å²) in [6.07, 6.45) is 3.09. The maximum absolute atomic E-state index is 12.7. The molecule has 1 N–H and O–H groups in total. The van der Waals surface area contributed by atoms with Crippen molar-refractivity contribution in [2.45, 2.75) is 6.61 Å². The Bertz CT molecular complexity index is 471. The average Bonchev–Trinajstić information content (AvgIpc) is 2.33. The summed E-state index contributed by atoms with van der Waals surface area (Å²) in [5.41, 5.74) is 0.590. The SMILES string of the molecule is OCc1cnccc1Oc1ccc(F)cc1. The van der Waals surface area contributed by atoms with Crippen LogP contribution in [0, 0.1) is 5.82 Å². The Balaban J connectivity index is 2.23. The first kappa shape index (κ1) is 10.6. The van der Waals surface area contributed by atoms with Crippen LogP contribution in [0.15, 0.2) is 42.7 Å². The molecule has 2 aromatic rings. The molecule has 0 aliphatic carbocycles. The van der Waals surface area contributed by atoms with E-state index in [2.05, 4.69) is 4.98 Å². The van der Waals surface area contributed by atoms with Crippen molar-refractivity contribution < 1.29 is 14.2 Å². The van der Waals surface area contributed by atoms with E-state index in [9.17, 15) is 4.39 Å².